The summed E-state index contributed by atoms with van der Waals surface area (Å²) >= 11 is 0. The van der Waals surface area contributed by atoms with Gasteiger partial charge in [-0.05, 0) is 49.4 Å². The average Bonchev–Trinajstić information content (AvgIpc) is 3.31. The van der Waals surface area contributed by atoms with Crippen LogP contribution in [0.3, 0.4) is 0 Å². The van der Waals surface area contributed by atoms with Gasteiger partial charge >= 0.3 is 5.97 Å². The number of hydrogen-bond donors (Lipinski definition) is 3. The van der Waals surface area contributed by atoms with Crippen LogP contribution in [0.5, 0.6) is 0 Å². The number of cyclic esters (lactones) is 1. The van der Waals surface area contributed by atoms with Gasteiger partial charge in [0.05, 0.1) is 30.5 Å². The summed E-state index contributed by atoms with van der Waals surface area (Å²) in [5, 5.41) is 30.6. The van der Waals surface area contributed by atoms with Crippen LogP contribution in [0.2, 0.25) is 0 Å². The molecule has 2 saturated carbocycles. The molecular formula is C20H30O6. The van der Waals surface area contributed by atoms with Gasteiger partial charge in [-0.2, -0.15) is 0 Å². The first-order valence-electron chi connectivity index (χ1n) is 9.75. The predicted molar refractivity (Wildman–Crippen MR) is 93.1 cm³/mol. The maximum atomic E-state index is 11.8. The summed E-state index contributed by atoms with van der Waals surface area (Å²) in [7, 11) is 0. The molecule has 0 bridgehead atoms. The molecule has 2 heterocycles. The third-order valence-corrected chi connectivity index (χ3v) is 7.99. The van der Waals surface area contributed by atoms with E-state index in [9.17, 15) is 20.1 Å². The molecule has 146 valence electrons. The number of carbonyl (C=O) groups excluding carboxylic acids is 1. The fourth-order valence-electron chi connectivity index (χ4n) is 6.24. The highest BCUT2D eigenvalue weighted by Gasteiger charge is 2.66. The molecule has 2 saturated heterocycles. The van der Waals surface area contributed by atoms with Crippen molar-refractivity contribution in [3.63, 3.8) is 0 Å². The van der Waals surface area contributed by atoms with Crippen LogP contribution in [0.25, 0.3) is 0 Å². The molecule has 3 N–H and O–H groups in total. The van der Waals surface area contributed by atoms with E-state index in [1.807, 2.05) is 13.0 Å². The fraction of sp³-hybridized carbons (Fsp3) is 0.850. The van der Waals surface area contributed by atoms with Gasteiger partial charge in [-0.3, -0.25) is 0 Å². The van der Waals surface area contributed by atoms with Crippen molar-refractivity contribution in [2.75, 3.05) is 19.8 Å². The van der Waals surface area contributed by atoms with E-state index >= 15 is 0 Å². The van der Waals surface area contributed by atoms with Gasteiger partial charge in [-0.1, -0.05) is 19.9 Å². The largest absolute Gasteiger partial charge is 0.459 e. The summed E-state index contributed by atoms with van der Waals surface area (Å²) in [5.41, 5.74) is -0.405. The van der Waals surface area contributed by atoms with E-state index in [1.165, 1.54) is 0 Å². The van der Waals surface area contributed by atoms with E-state index < -0.39 is 23.6 Å². The van der Waals surface area contributed by atoms with Crippen LogP contribution >= 0.6 is 0 Å². The van der Waals surface area contributed by atoms with Crippen LogP contribution in [0, 0.1) is 22.7 Å². The number of fused-ring (bicyclic) bond motifs is 1. The van der Waals surface area contributed by atoms with Crippen LogP contribution in [0.4, 0.5) is 0 Å². The monoisotopic (exact) mass is 366 g/mol. The molecule has 0 aromatic rings. The van der Waals surface area contributed by atoms with Gasteiger partial charge in [0, 0.05) is 5.41 Å². The van der Waals surface area contributed by atoms with Gasteiger partial charge in [0.15, 0.2) is 0 Å². The Labute approximate surface area is 154 Å². The highest BCUT2D eigenvalue weighted by molar-refractivity contribution is 5.91. The molecule has 4 fully saturated rings. The second kappa shape index (κ2) is 6.03. The van der Waals surface area contributed by atoms with Gasteiger partial charge in [0.1, 0.15) is 12.7 Å². The van der Waals surface area contributed by atoms with Crippen molar-refractivity contribution in [2.24, 2.45) is 22.7 Å². The summed E-state index contributed by atoms with van der Waals surface area (Å²) in [5.74, 6) is -0.0392. The highest BCUT2D eigenvalue weighted by Crippen LogP contribution is 2.66. The molecule has 0 radical (unpaired) electrons. The number of aliphatic hydroxyl groups excluding tert-OH is 3. The Morgan fingerprint density at radius 2 is 1.96 bits per heavy atom. The number of allylic oxidation sites excluding steroid dienone is 1. The molecule has 0 aromatic carbocycles. The Kier molecular flexibility index (Phi) is 4.27. The molecule has 0 aromatic heterocycles. The number of ether oxygens (including phenoxy) is 2. The third kappa shape index (κ3) is 2.49. The molecule has 0 amide bonds. The lowest BCUT2D eigenvalue weighted by atomic mass is 9.45. The Morgan fingerprint density at radius 3 is 2.54 bits per heavy atom. The van der Waals surface area contributed by atoms with E-state index in [4.69, 9.17) is 9.47 Å². The van der Waals surface area contributed by atoms with E-state index in [1.54, 1.807) is 0 Å². The van der Waals surface area contributed by atoms with Crippen molar-refractivity contribution in [3.05, 3.63) is 11.6 Å². The topological polar surface area (TPSA) is 99.5 Å². The minimum Gasteiger partial charge on any atom is -0.459 e. The predicted octanol–water partition coefficient (Wildman–Crippen LogP) is 1.18. The number of aliphatic hydroxyl groups is 3. The molecular weight excluding hydrogens is 336 g/mol. The van der Waals surface area contributed by atoms with Crippen molar-refractivity contribution in [1.82, 2.24) is 0 Å². The number of rotatable bonds is 3. The first-order chi connectivity index (χ1) is 12.3. The van der Waals surface area contributed by atoms with Crippen LogP contribution < -0.4 is 0 Å². The zero-order chi connectivity index (χ0) is 18.7. The minimum atomic E-state index is -0.846. The first-order valence-corrected chi connectivity index (χ1v) is 9.75. The van der Waals surface area contributed by atoms with Crippen LogP contribution in [-0.2, 0) is 14.3 Å². The molecule has 1 spiro atoms. The van der Waals surface area contributed by atoms with Crippen molar-refractivity contribution in [1.29, 1.82) is 0 Å². The molecule has 1 unspecified atom stereocenters. The van der Waals surface area contributed by atoms with Gasteiger partial charge < -0.3 is 24.8 Å². The van der Waals surface area contributed by atoms with Crippen LogP contribution in [0.15, 0.2) is 11.6 Å². The molecule has 6 nitrogen and oxygen atoms in total. The SMILES string of the molecule is C[C@]1(CO)C2CC[C@]3(CO3)[C@H](C/C=C3/C(=O)OC[C@H]3O)[C@@]2(C)CC[C@H]1O. The van der Waals surface area contributed by atoms with Gasteiger partial charge in [-0.15, -0.1) is 0 Å². The molecule has 2 aliphatic carbocycles. The maximum absolute atomic E-state index is 11.8. The Morgan fingerprint density at radius 1 is 1.23 bits per heavy atom. The highest BCUT2D eigenvalue weighted by atomic mass is 16.6. The molecule has 4 aliphatic rings. The molecule has 2 aliphatic heterocycles. The van der Waals surface area contributed by atoms with Crippen LogP contribution in [0.1, 0.15) is 46.0 Å². The standard InChI is InChI=1S/C20H30O6/c1-18-7-6-16(23)19(2,10-21)14(18)5-8-20(11-26-20)15(18)4-3-12-13(22)9-25-17(12)24/h3,13-16,21-23H,4-11H2,1-2H3/b12-3+/t13-,14?,15-,16-,18+,19+,20+/m1/s1. The summed E-state index contributed by atoms with van der Waals surface area (Å²) in [4.78, 5) is 11.8. The summed E-state index contributed by atoms with van der Waals surface area (Å²) in [6.07, 6.45) is 4.53. The number of hydrogen-bond acceptors (Lipinski definition) is 6. The summed E-state index contributed by atoms with van der Waals surface area (Å²) < 4.78 is 10.9. The second-order valence-electron chi connectivity index (χ2n) is 9.23. The number of epoxide rings is 1. The fourth-order valence-corrected chi connectivity index (χ4v) is 6.24. The van der Waals surface area contributed by atoms with Crippen LogP contribution in [-0.4, -0.2) is 58.9 Å². The minimum absolute atomic E-state index is 0.0267. The molecule has 4 rings (SSSR count). The van der Waals surface area contributed by atoms with E-state index in [2.05, 4.69) is 6.92 Å². The van der Waals surface area contributed by atoms with Gasteiger partial charge in [0.2, 0.25) is 0 Å². The first kappa shape index (κ1) is 18.4. The zero-order valence-corrected chi connectivity index (χ0v) is 15.6. The summed E-state index contributed by atoms with van der Waals surface area (Å²) in [6.45, 7) is 4.99. The second-order valence-corrected chi connectivity index (χ2v) is 9.23. The average molecular weight is 366 g/mol. The quantitative estimate of drug-likeness (QED) is 0.394. The number of carbonyl (C=O) groups is 1. The Bertz CT molecular complexity index is 626. The van der Waals surface area contributed by atoms with E-state index in [0.29, 0.717) is 18.4 Å². The van der Waals surface area contributed by atoms with E-state index in [-0.39, 0.29) is 36.1 Å². The van der Waals surface area contributed by atoms with E-state index in [0.717, 1.165) is 25.9 Å². The normalized spacial score (nSPS) is 52.2. The van der Waals surface area contributed by atoms with Crippen molar-refractivity contribution in [2.45, 2.75) is 63.8 Å². The molecule has 26 heavy (non-hydrogen) atoms. The third-order valence-electron chi connectivity index (χ3n) is 7.99. The smallest absolute Gasteiger partial charge is 0.336 e. The Hall–Kier alpha value is -0.950. The van der Waals surface area contributed by atoms with Crippen molar-refractivity contribution in [3.8, 4) is 0 Å². The van der Waals surface area contributed by atoms with Crippen molar-refractivity contribution >= 4 is 5.97 Å². The zero-order valence-electron chi connectivity index (χ0n) is 15.6. The lowest BCUT2D eigenvalue weighted by Gasteiger charge is -2.60. The Balaban J connectivity index is 1.66. The molecule has 7 atom stereocenters. The van der Waals surface area contributed by atoms with Gasteiger partial charge in [-0.25, -0.2) is 4.79 Å². The van der Waals surface area contributed by atoms with Gasteiger partial charge in [0.25, 0.3) is 0 Å². The molecule has 6 heteroatoms. The summed E-state index contributed by atoms with van der Waals surface area (Å²) in [6, 6.07) is 0. The lowest BCUT2D eigenvalue weighted by Crippen LogP contribution is -2.60. The lowest BCUT2D eigenvalue weighted by molar-refractivity contribution is -0.175. The number of esters is 1. The van der Waals surface area contributed by atoms with Crippen molar-refractivity contribution < 1.29 is 29.6 Å². The maximum Gasteiger partial charge on any atom is 0.336 e.